The molecular formula is C16H21N3O2. The van der Waals surface area contributed by atoms with Gasteiger partial charge in [0.2, 0.25) is 0 Å². The molecule has 2 heterocycles. The number of H-pyrrole nitrogens is 1. The van der Waals surface area contributed by atoms with Crippen LogP contribution < -0.4 is 5.31 Å². The molecule has 1 amide bonds. The molecule has 0 radical (unpaired) electrons. The number of aromatic nitrogens is 1. The number of cyclic esters (lactones) is 1. The van der Waals surface area contributed by atoms with Gasteiger partial charge >= 0.3 is 6.09 Å². The van der Waals surface area contributed by atoms with Gasteiger partial charge in [0.1, 0.15) is 6.56 Å². The van der Waals surface area contributed by atoms with Crippen LogP contribution >= 0.6 is 0 Å². The lowest BCUT2D eigenvalue weighted by Gasteiger charge is -2.09. The second-order valence-corrected chi connectivity index (χ2v) is 4.18. The number of fused-ring (bicyclic) bond motifs is 1. The van der Waals surface area contributed by atoms with E-state index >= 15 is 0 Å². The highest BCUT2D eigenvalue weighted by Crippen LogP contribution is 2.21. The molecule has 1 saturated heterocycles. The van der Waals surface area contributed by atoms with Crippen molar-refractivity contribution >= 4 is 17.0 Å². The molecule has 0 bridgehead atoms. The molecule has 2 N–H and O–H groups in total. The first-order valence-corrected chi connectivity index (χ1v) is 5.86. The molecule has 1 aromatic carbocycles. The Hall–Kier alpha value is -2.01. The third kappa shape index (κ3) is 3.19. The number of nitrogens with zero attached hydrogens (tertiary/aromatic N) is 1. The van der Waals surface area contributed by atoms with Gasteiger partial charge in [-0.25, -0.2) is 4.79 Å². The molecular weight excluding hydrogens is 266 g/mol. The zero-order valence-corrected chi connectivity index (χ0v) is 10.9. The Balaban J connectivity index is 2.38. The van der Waals surface area contributed by atoms with E-state index in [0.29, 0.717) is 0 Å². The smallest absolute Gasteiger partial charge is 0.407 e. The summed E-state index contributed by atoms with van der Waals surface area (Å²) in [5, 5.41) is -0.871. The number of carbonyl (C=O) groups excluding carboxylic acids is 1. The number of alkyl carbamates (subject to hydrolysis) is 1. The normalized spacial score (nSPS) is 37.6. The lowest BCUT2D eigenvalue weighted by atomic mass is 10.0. The van der Waals surface area contributed by atoms with Gasteiger partial charge in [-0.3, -0.25) is 0 Å². The Labute approximate surface area is 146 Å². The van der Waals surface area contributed by atoms with Crippen LogP contribution in [0.4, 0.5) is 4.79 Å². The van der Waals surface area contributed by atoms with E-state index in [2.05, 4.69) is 4.74 Å². The first kappa shape index (κ1) is 4.49. The van der Waals surface area contributed by atoms with Crippen molar-refractivity contribution < 1.29 is 31.5 Å². The number of carbonyl (C=O) groups is 1. The van der Waals surface area contributed by atoms with Gasteiger partial charge < -0.3 is 19.9 Å². The number of rotatable bonds is 5. The Morgan fingerprint density at radius 2 is 2.67 bits per heavy atom. The molecule has 1 aromatic heterocycles. The number of benzene rings is 1. The minimum Gasteiger partial charge on any atom is -0.447 e. The van der Waals surface area contributed by atoms with Crippen LogP contribution in [0.1, 0.15) is 30.3 Å². The number of likely N-dealkylation sites (N-methyl/N-ethyl adjacent to an activating group) is 1. The van der Waals surface area contributed by atoms with Crippen LogP contribution in [-0.4, -0.2) is 49.1 Å². The number of ether oxygens (including phenoxy) is 1. The summed E-state index contributed by atoms with van der Waals surface area (Å²) in [4.78, 5) is 12.0. The van der Waals surface area contributed by atoms with Crippen LogP contribution in [0.2, 0.25) is 2.82 Å². The average molecular weight is 303 g/mol. The van der Waals surface area contributed by atoms with E-state index in [1.807, 2.05) is 0 Å². The monoisotopic (exact) mass is 303 g/mol. The third-order valence-electron chi connectivity index (χ3n) is 2.55. The summed E-state index contributed by atoms with van der Waals surface area (Å²) in [6.07, 6.45) is -7.05. The summed E-state index contributed by atoms with van der Waals surface area (Å²) < 4.78 is 134. The van der Waals surface area contributed by atoms with Crippen LogP contribution in [0.15, 0.2) is 24.3 Å². The van der Waals surface area contributed by atoms with Gasteiger partial charge in [-0.05, 0) is 50.0 Å². The minimum atomic E-state index is -3.40. The molecule has 0 unspecified atom stereocenters. The Morgan fingerprint density at radius 1 is 1.76 bits per heavy atom. The van der Waals surface area contributed by atoms with Crippen molar-refractivity contribution in [3.8, 4) is 0 Å². The van der Waals surface area contributed by atoms with E-state index in [-0.39, 0.29) is 15.2 Å². The molecule has 0 aliphatic carbocycles. The van der Waals surface area contributed by atoms with Gasteiger partial charge in [0.15, 0.2) is 2.82 Å². The lowest BCUT2D eigenvalue weighted by molar-refractivity contribution is 0.177. The maximum absolute atomic E-state index is 11.8. The first-order valence-electron chi connectivity index (χ1n) is 13.8. The number of amides is 1. The molecule has 1 fully saturated rings. The highest BCUT2D eigenvalue weighted by Gasteiger charge is 2.22. The van der Waals surface area contributed by atoms with E-state index in [4.69, 9.17) is 22.0 Å². The van der Waals surface area contributed by atoms with Crippen molar-refractivity contribution in [3.05, 3.63) is 35.4 Å². The summed E-state index contributed by atoms with van der Waals surface area (Å²) in [5.41, 5.74) is -2.28. The number of aryl methyl sites for hydroxylation is 1. The average Bonchev–Trinajstić information content (AvgIpc) is 3.11. The Morgan fingerprint density at radius 3 is 3.43 bits per heavy atom. The molecule has 0 saturated carbocycles. The quantitative estimate of drug-likeness (QED) is 0.887. The molecule has 5 nitrogen and oxygen atoms in total. The Bertz CT molecular complexity index is 1290. The van der Waals surface area contributed by atoms with Crippen LogP contribution in [0.3, 0.4) is 0 Å². The molecule has 1 aliphatic heterocycles. The number of hydrogen-bond donors (Lipinski definition) is 2. The maximum atomic E-state index is 11.8. The molecule has 112 valence electrons. The number of hydrogen-bond acceptors (Lipinski definition) is 3. The topological polar surface area (TPSA) is 57.4 Å². The van der Waals surface area contributed by atoms with Crippen LogP contribution in [0.5, 0.6) is 0 Å². The van der Waals surface area contributed by atoms with Crippen molar-refractivity contribution in [2.75, 3.05) is 27.1 Å². The SMILES string of the molecule is [2H]c1c(C[C@]2([2H])N([2H])C(=O)OC2([2H])[2H])c([2H])c2c(C([2H])([2H])C([2H])([2H])N(C)C([2H])([2H])[2H])c([2H])n([2H])c2c1[2H]. The largest absolute Gasteiger partial charge is 0.447 e. The van der Waals surface area contributed by atoms with E-state index < -0.39 is 91.3 Å². The van der Waals surface area contributed by atoms with Gasteiger partial charge in [-0.2, -0.15) is 0 Å². The van der Waals surface area contributed by atoms with Gasteiger partial charge in [-0.15, -0.1) is 0 Å². The molecule has 5 heteroatoms. The fraction of sp³-hybridized carbons (Fsp3) is 0.438. The third-order valence-corrected chi connectivity index (χ3v) is 2.55. The lowest BCUT2D eigenvalue weighted by Crippen LogP contribution is -2.28. The molecule has 1 atom stereocenters. The van der Waals surface area contributed by atoms with Crippen molar-refractivity contribution in [3.63, 3.8) is 0 Å². The van der Waals surface area contributed by atoms with E-state index in [9.17, 15) is 4.79 Å². The van der Waals surface area contributed by atoms with Crippen molar-refractivity contribution in [1.82, 2.24) is 15.2 Å². The summed E-state index contributed by atoms with van der Waals surface area (Å²) in [7, 11) is 0.769. The molecule has 3 rings (SSSR count). The molecule has 0 spiro atoms. The van der Waals surface area contributed by atoms with Crippen molar-refractivity contribution in [1.29, 1.82) is 0 Å². The summed E-state index contributed by atoms with van der Waals surface area (Å²) in [6.45, 7) is -9.62. The van der Waals surface area contributed by atoms with Crippen molar-refractivity contribution in [2.24, 2.45) is 0 Å². The van der Waals surface area contributed by atoms with Gasteiger partial charge in [0.25, 0.3) is 0 Å². The van der Waals surface area contributed by atoms with Gasteiger partial charge in [0, 0.05) is 33.2 Å². The molecule has 2 aromatic rings. The number of aromatic amines is 1. The molecule has 21 heavy (non-hydrogen) atoms. The van der Waals surface area contributed by atoms with E-state index in [1.54, 1.807) is 0 Å². The summed E-state index contributed by atoms with van der Waals surface area (Å²) in [6, 6.07) is -5.45. The Kier molecular flexibility index (Phi) is 1.23. The second-order valence-electron chi connectivity index (χ2n) is 4.18. The van der Waals surface area contributed by atoms with Crippen LogP contribution in [0, 0.1) is 0 Å². The van der Waals surface area contributed by atoms with Gasteiger partial charge in [-0.1, -0.05) is 6.04 Å². The molecule has 1 aliphatic rings. The second kappa shape index (κ2) is 5.77. The standard InChI is InChI=1S/C16H21N3O2/c1-19(2)6-5-12-9-17-15-4-3-11(8-14(12)15)7-13-10-21-16(20)18-13/h3-4,8-9,13,17H,5-7,10H2,1-2H3,(H,18,20)/t13-/m0/s1/i1D3,3D,4D,5D2,6D2,8D,9D,10D2,13D/hD2. The van der Waals surface area contributed by atoms with Crippen LogP contribution in [0.25, 0.3) is 10.9 Å². The summed E-state index contributed by atoms with van der Waals surface area (Å²) >= 11 is 0. The zero-order valence-electron chi connectivity index (χ0n) is 26.9. The van der Waals surface area contributed by atoms with Gasteiger partial charge in [0.05, 0.1) is 15.6 Å². The number of nitrogens with one attached hydrogen (secondary N) is 2. The summed E-state index contributed by atoms with van der Waals surface area (Å²) in [5.74, 6) is 0. The minimum absolute atomic E-state index is 0.0876. The highest BCUT2D eigenvalue weighted by molar-refractivity contribution is 5.84. The zero-order chi connectivity index (χ0) is 28.8. The predicted molar refractivity (Wildman–Crippen MR) is 82.5 cm³/mol. The fourth-order valence-electron chi connectivity index (χ4n) is 1.69. The predicted octanol–water partition coefficient (Wildman–Crippen LogP) is 1.92. The maximum Gasteiger partial charge on any atom is 0.407 e. The first-order chi connectivity index (χ1) is 16.5. The van der Waals surface area contributed by atoms with Crippen molar-refractivity contribution in [2.45, 2.75) is 18.8 Å². The van der Waals surface area contributed by atoms with Crippen LogP contribution in [-0.2, 0) is 17.5 Å². The highest BCUT2D eigenvalue weighted by atomic mass is 16.6. The van der Waals surface area contributed by atoms with E-state index in [0.717, 1.165) is 7.05 Å². The fourth-order valence-corrected chi connectivity index (χ4v) is 1.69. The van der Waals surface area contributed by atoms with E-state index in [1.165, 1.54) is 0 Å².